The number of alkyl halides is 1. The zero-order valence-electron chi connectivity index (χ0n) is 25.4. The molecule has 0 aliphatic heterocycles. The van der Waals surface area contributed by atoms with Crippen molar-refractivity contribution in [2.24, 2.45) is 0 Å². The molecule has 0 bridgehead atoms. The minimum atomic E-state index is -1.27. The molecule has 1 aliphatic rings. The molecular weight excluding hydrogens is 597 g/mol. The van der Waals surface area contributed by atoms with E-state index >= 15 is 0 Å². The molecule has 2 amide bonds. The fourth-order valence-corrected chi connectivity index (χ4v) is 5.93. The van der Waals surface area contributed by atoms with E-state index in [2.05, 4.69) is 33.4 Å². The van der Waals surface area contributed by atoms with Crippen molar-refractivity contribution in [1.29, 1.82) is 0 Å². The van der Waals surface area contributed by atoms with Crippen molar-refractivity contribution in [1.82, 2.24) is 34.6 Å². The van der Waals surface area contributed by atoms with Crippen molar-refractivity contribution in [2.45, 2.75) is 32.0 Å². The quantitative estimate of drug-likeness (QED) is 0.180. The van der Waals surface area contributed by atoms with Gasteiger partial charge in [0.15, 0.2) is 17.3 Å². The van der Waals surface area contributed by atoms with Crippen LogP contribution in [0.4, 0.5) is 15.9 Å². The van der Waals surface area contributed by atoms with E-state index in [1.165, 1.54) is 19.1 Å². The molecule has 4 N–H and O–H groups in total. The summed E-state index contributed by atoms with van der Waals surface area (Å²) in [5.41, 5.74) is 12.0. The van der Waals surface area contributed by atoms with Gasteiger partial charge in [0.25, 0.3) is 5.91 Å². The third-order valence-corrected chi connectivity index (χ3v) is 8.27. The number of benzene rings is 2. The van der Waals surface area contributed by atoms with Gasteiger partial charge in [-0.2, -0.15) is 5.10 Å². The smallest absolute Gasteiger partial charge is 0.253 e. The lowest BCUT2D eigenvalue weighted by molar-refractivity contribution is -0.111. The lowest BCUT2D eigenvalue weighted by Gasteiger charge is -2.18. The maximum absolute atomic E-state index is 14.0. The van der Waals surface area contributed by atoms with E-state index in [4.69, 9.17) is 15.7 Å². The average molecular weight is 628 g/mol. The number of pyridine rings is 2. The minimum Gasteiger partial charge on any atom is -0.383 e. The predicted octanol–water partition coefficient (Wildman–Crippen LogP) is 5.82. The normalized spacial score (nSPS) is 14.5. The maximum atomic E-state index is 14.0. The number of nitrogens with one attached hydrogen (secondary N) is 2. The van der Waals surface area contributed by atoms with Gasteiger partial charge in [0.05, 0.1) is 22.9 Å². The molecule has 0 radical (unpaired) electrons. The third kappa shape index (κ3) is 5.50. The molecule has 2 aromatic carbocycles. The van der Waals surface area contributed by atoms with Gasteiger partial charge in [-0.1, -0.05) is 18.7 Å². The molecule has 12 heteroatoms. The maximum Gasteiger partial charge on any atom is 0.253 e. The molecule has 1 unspecified atom stereocenters. The number of imidazole rings is 1. The molecule has 11 nitrogen and oxygen atoms in total. The number of nitrogens with two attached hydrogens (primary N) is 1. The van der Waals surface area contributed by atoms with Crippen molar-refractivity contribution in [3.63, 3.8) is 0 Å². The summed E-state index contributed by atoms with van der Waals surface area (Å²) in [6, 6.07) is 19.6. The Kier molecular flexibility index (Phi) is 7.52. The van der Waals surface area contributed by atoms with Gasteiger partial charge in [-0.3, -0.25) is 14.2 Å². The molecule has 1 aliphatic carbocycles. The Hall–Kier alpha value is -6.17. The SMILES string of the molecule is C=CC(=O)Nc1cc(C(C)F)ccc1C(=O)N[C@H]1CCc2cc(-n3c(-c4cccnc4N)nc4ccc(-n5cccn5)nc43)ccc21. The van der Waals surface area contributed by atoms with Crippen LogP contribution in [-0.2, 0) is 11.2 Å². The van der Waals surface area contributed by atoms with Gasteiger partial charge in [0.2, 0.25) is 5.91 Å². The molecule has 0 spiro atoms. The summed E-state index contributed by atoms with van der Waals surface area (Å²) in [5.74, 6) is 0.703. The monoisotopic (exact) mass is 627 g/mol. The Morgan fingerprint density at radius 3 is 2.72 bits per heavy atom. The van der Waals surface area contributed by atoms with Gasteiger partial charge in [0, 0.05) is 24.3 Å². The lowest BCUT2D eigenvalue weighted by Crippen LogP contribution is -2.28. The van der Waals surface area contributed by atoms with Crippen LogP contribution in [0.25, 0.3) is 34.1 Å². The number of halogens is 1. The largest absolute Gasteiger partial charge is 0.383 e. The highest BCUT2D eigenvalue weighted by atomic mass is 19.1. The first-order chi connectivity index (χ1) is 22.8. The number of carbonyl (C=O) groups excluding carboxylic acids is 2. The topological polar surface area (TPSA) is 146 Å². The molecule has 4 heterocycles. The summed E-state index contributed by atoms with van der Waals surface area (Å²) in [4.78, 5) is 39.7. The van der Waals surface area contributed by atoms with Gasteiger partial charge < -0.3 is 16.4 Å². The van der Waals surface area contributed by atoms with E-state index in [0.29, 0.717) is 46.2 Å². The van der Waals surface area contributed by atoms with Gasteiger partial charge in [0.1, 0.15) is 17.5 Å². The minimum absolute atomic E-state index is 0.221. The number of nitrogens with zero attached hydrogens (tertiary/aromatic N) is 6. The van der Waals surface area contributed by atoms with Crippen molar-refractivity contribution in [3.05, 3.63) is 120 Å². The van der Waals surface area contributed by atoms with Crippen LogP contribution in [-0.4, -0.2) is 41.1 Å². The molecule has 0 saturated heterocycles. The predicted molar refractivity (Wildman–Crippen MR) is 177 cm³/mol. The van der Waals surface area contributed by atoms with E-state index in [9.17, 15) is 14.0 Å². The summed E-state index contributed by atoms with van der Waals surface area (Å²) in [6.45, 7) is 4.87. The van der Waals surface area contributed by atoms with Gasteiger partial charge in [-0.05, 0) is 97.1 Å². The summed E-state index contributed by atoms with van der Waals surface area (Å²) in [7, 11) is 0. The Bertz CT molecular complexity index is 2170. The third-order valence-electron chi connectivity index (χ3n) is 8.27. The molecule has 7 rings (SSSR count). The number of anilines is 2. The Labute approximate surface area is 269 Å². The van der Waals surface area contributed by atoms with Crippen LogP contribution < -0.4 is 16.4 Å². The van der Waals surface area contributed by atoms with Crippen molar-refractivity contribution < 1.29 is 14.0 Å². The lowest BCUT2D eigenvalue weighted by atomic mass is 10.0. The highest BCUT2D eigenvalue weighted by Gasteiger charge is 2.27. The molecule has 234 valence electrons. The number of nitrogen functional groups attached to an aromatic ring is 1. The number of hydrogen-bond acceptors (Lipinski definition) is 7. The van der Waals surface area contributed by atoms with Crippen molar-refractivity contribution in [2.75, 3.05) is 11.1 Å². The van der Waals surface area contributed by atoms with E-state index in [0.717, 1.165) is 29.3 Å². The van der Waals surface area contributed by atoms with Crippen molar-refractivity contribution in [3.8, 4) is 22.9 Å². The molecule has 2 atom stereocenters. The van der Waals surface area contributed by atoms with Gasteiger partial charge in [-0.25, -0.2) is 24.0 Å². The van der Waals surface area contributed by atoms with E-state index in [-0.39, 0.29) is 23.2 Å². The van der Waals surface area contributed by atoms with Crippen LogP contribution in [0.1, 0.15) is 52.6 Å². The summed E-state index contributed by atoms with van der Waals surface area (Å²) < 4.78 is 17.7. The number of aromatic nitrogens is 6. The van der Waals surface area contributed by atoms with Gasteiger partial charge in [-0.15, -0.1) is 0 Å². The van der Waals surface area contributed by atoms with E-state index in [1.807, 2.05) is 53.2 Å². The number of fused-ring (bicyclic) bond motifs is 2. The number of aryl methyl sites for hydroxylation is 1. The summed E-state index contributed by atoms with van der Waals surface area (Å²) in [6.07, 6.45) is 6.38. The first-order valence-electron chi connectivity index (χ1n) is 15.1. The second kappa shape index (κ2) is 12.0. The molecule has 0 fully saturated rings. The summed E-state index contributed by atoms with van der Waals surface area (Å²) >= 11 is 0. The zero-order chi connectivity index (χ0) is 32.7. The fraction of sp³-hybridized carbons (Fsp3) is 0.143. The highest BCUT2D eigenvalue weighted by molar-refractivity contribution is 6.06. The average Bonchev–Trinajstić information content (AvgIpc) is 3.83. The molecular formula is C35H30FN9O2. The standard InChI is InChI=1S/C35H30FN9O2/c1-3-31(46)40-29-19-21(20(2)36)7-10-25(29)35(47)42-27-12-8-22-18-23(9-11-24(22)27)45-33(26-6-4-15-38-32(26)37)41-28-13-14-30(43-34(28)45)44-17-5-16-39-44/h3-7,9-11,13-20,27H,1,8,12H2,2H3,(H2,37,38)(H,40,46)(H,42,47)/t20?,27-/m0/s1. The second-order valence-corrected chi connectivity index (χ2v) is 11.2. The van der Waals surface area contributed by atoms with E-state index < -0.39 is 12.1 Å². The van der Waals surface area contributed by atoms with Crippen LogP contribution in [0, 0.1) is 0 Å². The molecule has 47 heavy (non-hydrogen) atoms. The van der Waals surface area contributed by atoms with Gasteiger partial charge >= 0.3 is 0 Å². The molecule has 6 aromatic rings. The zero-order valence-corrected chi connectivity index (χ0v) is 25.4. The second-order valence-electron chi connectivity index (χ2n) is 11.2. The van der Waals surface area contributed by atoms with Crippen LogP contribution in [0.2, 0.25) is 0 Å². The number of rotatable bonds is 8. The Balaban J connectivity index is 1.25. The number of amides is 2. The Morgan fingerprint density at radius 2 is 1.96 bits per heavy atom. The highest BCUT2D eigenvalue weighted by Crippen LogP contribution is 2.36. The van der Waals surface area contributed by atoms with Crippen LogP contribution in [0.5, 0.6) is 0 Å². The summed E-state index contributed by atoms with van der Waals surface area (Å²) in [5, 5.41) is 10.1. The molecule has 0 saturated carbocycles. The van der Waals surface area contributed by atoms with Crippen LogP contribution >= 0.6 is 0 Å². The van der Waals surface area contributed by atoms with Crippen LogP contribution in [0.3, 0.4) is 0 Å². The molecule has 4 aromatic heterocycles. The first kappa shape index (κ1) is 29.5. The first-order valence-corrected chi connectivity index (χ1v) is 15.1. The van der Waals surface area contributed by atoms with E-state index in [1.54, 1.807) is 23.1 Å². The number of carbonyl (C=O) groups is 2. The fourth-order valence-electron chi connectivity index (χ4n) is 5.93. The van der Waals surface area contributed by atoms with Crippen LogP contribution in [0.15, 0.2) is 98.0 Å². The van der Waals surface area contributed by atoms with Crippen molar-refractivity contribution >= 4 is 34.5 Å². The Morgan fingerprint density at radius 1 is 1.09 bits per heavy atom. The number of hydrogen-bond donors (Lipinski definition) is 3.